The predicted molar refractivity (Wildman–Crippen MR) is 60.8 cm³/mol. The second-order valence-corrected chi connectivity index (χ2v) is 3.29. The fourth-order valence-corrected chi connectivity index (χ4v) is 1.16. The van der Waals surface area contributed by atoms with Crippen LogP contribution in [-0.2, 0) is 9.53 Å². The highest BCUT2D eigenvalue weighted by Gasteiger charge is 2.18. The van der Waals surface area contributed by atoms with Gasteiger partial charge in [-0.2, -0.15) is 0 Å². The number of halogens is 3. The molecule has 1 rings (SSSR count). The molecule has 0 N–H and O–H groups in total. The van der Waals surface area contributed by atoms with Crippen molar-refractivity contribution in [1.82, 2.24) is 0 Å². The highest BCUT2D eigenvalue weighted by atomic mass is 35.5. The normalized spacial score (nSPS) is 8.94. The molecule has 0 aliphatic heterocycles. The van der Waals surface area contributed by atoms with Crippen LogP contribution >= 0.6 is 23.2 Å². The van der Waals surface area contributed by atoms with Crippen LogP contribution in [0.25, 0.3) is 0 Å². The molecule has 94 valence electrons. The zero-order chi connectivity index (χ0) is 13.4. The van der Waals surface area contributed by atoms with Crippen LogP contribution in [0.1, 0.15) is 6.92 Å². The van der Waals surface area contributed by atoms with E-state index in [1.807, 2.05) is 0 Å². The van der Waals surface area contributed by atoms with E-state index in [-0.39, 0.29) is 5.02 Å². The maximum Gasteiger partial charge on any atom is 0.293 e. The van der Waals surface area contributed by atoms with Gasteiger partial charge in [-0.3, -0.25) is 14.9 Å². The third-order valence-electron chi connectivity index (χ3n) is 1.45. The second-order valence-electron chi connectivity index (χ2n) is 2.50. The summed E-state index contributed by atoms with van der Waals surface area (Å²) in [6, 6.07) is 2.13. The summed E-state index contributed by atoms with van der Waals surface area (Å²) in [5, 5.41) is 9.40. The minimum atomic E-state index is -0.965. The molecule has 0 fully saturated rings. The van der Waals surface area contributed by atoms with Gasteiger partial charge in [0.05, 0.1) is 16.6 Å². The van der Waals surface area contributed by atoms with Gasteiger partial charge in [-0.15, -0.1) is 0 Å². The number of hydrogen-bond acceptors (Lipinski definition) is 4. The number of nitro groups is 1. The van der Waals surface area contributed by atoms with Crippen LogP contribution in [0.15, 0.2) is 12.1 Å². The molecule has 0 unspecified atom stereocenters. The first-order chi connectivity index (χ1) is 7.95. The zero-order valence-corrected chi connectivity index (χ0v) is 10.2. The van der Waals surface area contributed by atoms with E-state index < -0.39 is 21.5 Å². The van der Waals surface area contributed by atoms with E-state index in [1.54, 1.807) is 6.92 Å². The Labute approximate surface area is 106 Å². The van der Waals surface area contributed by atoms with Crippen LogP contribution in [0.3, 0.4) is 0 Å². The van der Waals surface area contributed by atoms with Crippen molar-refractivity contribution < 1.29 is 18.8 Å². The number of nitrogens with zero attached hydrogens (tertiary/aromatic N) is 1. The number of benzene rings is 1. The minimum absolute atomic E-state index is 0.231. The average Bonchev–Trinajstić information content (AvgIpc) is 2.27. The van der Waals surface area contributed by atoms with Gasteiger partial charge in [0.2, 0.25) is 0 Å². The summed E-state index contributed by atoms with van der Waals surface area (Å²) in [5.41, 5.74) is -0.487. The fourth-order valence-electron chi connectivity index (χ4n) is 0.725. The predicted octanol–water partition coefficient (Wildman–Crippen LogP) is 3.22. The number of nitro benzene ring substituents is 1. The molecule has 5 nitrogen and oxygen atoms in total. The lowest BCUT2D eigenvalue weighted by Gasteiger charge is -1.97. The molecule has 0 spiro atoms. The number of hydrogen-bond donors (Lipinski definition) is 0. The molecule has 0 radical (unpaired) electrons. The van der Waals surface area contributed by atoms with Crippen LogP contribution in [0, 0.1) is 15.9 Å². The van der Waals surface area contributed by atoms with Crippen molar-refractivity contribution in [2.45, 2.75) is 6.92 Å². The largest absolute Gasteiger partial charge is 0.468 e. The Bertz CT molecular complexity index is 414. The standard InChI is InChI=1S/C6H2Cl2FNO2.C3H6O2/c7-3-1-2-4(10(11)12)5(8)6(3)9;1-2-5-3-4/h1-2H;3H,2H2,1H3. The summed E-state index contributed by atoms with van der Waals surface area (Å²) in [7, 11) is 0. The van der Waals surface area contributed by atoms with Gasteiger partial charge in [0.1, 0.15) is 0 Å². The summed E-state index contributed by atoms with van der Waals surface area (Å²) in [4.78, 5) is 18.6. The van der Waals surface area contributed by atoms with Crippen LogP contribution in [0.5, 0.6) is 0 Å². The number of rotatable bonds is 3. The summed E-state index contributed by atoms with van der Waals surface area (Å²) in [6.45, 7) is 2.66. The maximum absolute atomic E-state index is 12.8. The Hall–Kier alpha value is -1.40. The molecule has 8 heteroatoms. The van der Waals surface area contributed by atoms with Gasteiger partial charge in [0.15, 0.2) is 10.8 Å². The topological polar surface area (TPSA) is 69.4 Å². The van der Waals surface area contributed by atoms with Crippen molar-refractivity contribution in [3.05, 3.63) is 38.1 Å². The smallest absolute Gasteiger partial charge is 0.293 e. The molecule has 0 aliphatic carbocycles. The molecule has 0 bridgehead atoms. The molecular weight excluding hydrogens is 276 g/mol. The van der Waals surface area contributed by atoms with Crippen LogP contribution in [0.4, 0.5) is 10.1 Å². The molecule has 0 aromatic heterocycles. The quantitative estimate of drug-likeness (QED) is 0.370. The molecule has 0 atom stereocenters. The third kappa shape index (κ3) is 4.97. The maximum atomic E-state index is 12.8. The summed E-state index contributed by atoms with van der Waals surface area (Å²) in [6.07, 6.45) is 0. The summed E-state index contributed by atoms with van der Waals surface area (Å²) < 4.78 is 16.9. The van der Waals surface area contributed by atoms with Gasteiger partial charge in [0.25, 0.3) is 12.2 Å². The molecular formula is C9H8Cl2FNO4. The zero-order valence-electron chi connectivity index (χ0n) is 8.65. The van der Waals surface area contributed by atoms with Crippen molar-refractivity contribution in [2.24, 2.45) is 0 Å². The van der Waals surface area contributed by atoms with E-state index in [0.29, 0.717) is 13.1 Å². The van der Waals surface area contributed by atoms with E-state index in [4.69, 9.17) is 23.2 Å². The van der Waals surface area contributed by atoms with Crippen LogP contribution < -0.4 is 0 Å². The lowest BCUT2D eigenvalue weighted by atomic mass is 10.3. The molecule has 0 saturated heterocycles. The van der Waals surface area contributed by atoms with Crippen LogP contribution in [0.2, 0.25) is 10.0 Å². The number of ether oxygens (including phenoxy) is 1. The van der Waals surface area contributed by atoms with Crippen LogP contribution in [-0.4, -0.2) is 18.0 Å². The van der Waals surface area contributed by atoms with Gasteiger partial charge in [0, 0.05) is 6.07 Å². The van der Waals surface area contributed by atoms with Gasteiger partial charge in [-0.25, -0.2) is 4.39 Å². The van der Waals surface area contributed by atoms with Crippen molar-refractivity contribution in [2.75, 3.05) is 6.61 Å². The van der Waals surface area contributed by atoms with Gasteiger partial charge in [-0.1, -0.05) is 23.2 Å². The summed E-state index contributed by atoms with van der Waals surface area (Å²) in [5.74, 6) is -0.965. The Kier molecular flexibility index (Phi) is 7.16. The van der Waals surface area contributed by atoms with Crippen molar-refractivity contribution in [3.8, 4) is 0 Å². The van der Waals surface area contributed by atoms with Crippen molar-refractivity contribution in [3.63, 3.8) is 0 Å². The second kappa shape index (κ2) is 7.81. The lowest BCUT2D eigenvalue weighted by Crippen LogP contribution is -1.91. The average molecular weight is 284 g/mol. The van der Waals surface area contributed by atoms with Gasteiger partial charge < -0.3 is 4.74 Å². The van der Waals surface area contributed by atoms with Crippen molar-refractivity contribution >= 4 is 35.4 Å². The molecule has 0 aliphatic rings. The van der Waals surface area contributed by atoms with Crippen molar-refractivity contribution in [1.29, 1.82) is 0 Å². The molecule has 0 heterocycles. The van der Waals surface area contributed by atoms with E-state index >= 15 is 0 Å². The van der Waals surface area contributed by atoms with Gasteiger partial charge in [-0.05, 0) is 13.0 Å². The molecule has 1 aromatic rings. The Morgan fingerprint density at radius 3 is 2.47 bits per heavy atom. The van der Waals surface area contributed by atoms with E-state index in [1.165, 1.54) is 0 Å². The Morgan fingerprint density at radius 2 is 2.12 bits per heavy atom. The molecule has 1 aromatic carbocycles. The number of carbonyl (C=O) groups is 1. The summed E-state index contributed by atoms with van der Waals surface area (Å²) >= 11 is 10.6. The third-order valence-corrected chi connectivity index (χ3v) is 2.10. The Balaban J connectivity index is 0.000000437. The highest BCUT2D eigenvalue weighted by Crippen LogP contribution is 2.31. The number of carbonyl (C=O) groups excluding carboxylic acids is 1. The minimum Gasteiger partial charge on any atom is -0.468 e. The first-order valence-electron chi connectivity index (χ1n) is 4.28. The lowest BCUT2D eigenvalue weighted by molar-refractivity contribution is -0.384. The Morgan fingerprint density at radius 1 is 1.53 bits per heavy atom. The van der Waals surface area contributed by atoms with E-state index in [9.17, 15) is 19.3 Å². The first-order valence-corrected chi connectivity index (χ1v) is 5.04. The van der Waals surface area contributed by atoms with E-state index in [0.717, 1.165) is 12.1 Å². The van der Waals surface area contributed by atoms with Gasteiger partial charge >= 0.3 is 0 Å². The highest BCUT2D eigenvalue weighted by molar-refractivity contribution is 6.36. The molecule has 0 amide bonds. The first kappa shape index (κ1) is 15.6. The van der Waals surface area contributed by atoms with E-state index in [2.05, 4.69) is 4.74 Å². The SMILES string of the molecule is CCOC=O.O=[N+]([O-])c1ccc(Cl)c(F)c1Cl. The molecule has 0 saturated carbocycles. The fraction of sp³-hybridized carbons (Fsp3) is 0.222. The monoisotopic (exact) mass is 283 g/mol. The molecule has 17 heavy (non-hydrogen) atoms.